The summed E-state index contributed by atoms with van der Waals surface area (Å²) in [4.78, 5) is 0. The van der Waals surface area contributed by atoms with Gasteiger partial charge in [-0.2, -0.15) is 0 Å². The highest BCUT2D eigenvalue weighted by atomic mass is 19.4. The topological polar surface area (TPSA) is 27.7 Å². The fraction of sp³-hybridized carbons (Fsp3) is 0.500. The molecule has 0 unspecified atom stereocenters. The van der Waals surface area contributed by atoms with Crippen molar-refractivity contribution in [2.24, 2.45) is 5.41 Å². The van der Waals surface area contributed by atoms with Gasteiger partial charge in [-0.15, -0.1) is 13.2 Å². The second kappa shape index (κ2) is 5.05. The summed E-state index contributed by atoms with van der Waals surface area (Å²) < 4.78 is 51.3. The molecule has 0 amide bonds. The SMILES string of the molecule is CC1(C)COB(c2cccc(OC(F)(F)F)c2)OC1. The predicted octanol–water partition coefficient (Wildman–Crippen LogP) is 2.35. The summed E-state index contributed by atoms with van der Waals surface area (Å²) in [5, 5.41) is 0. The van der Waals surface area contributed by atoms with E-state index in [9.17, 15) is 13.2 Å². The first-order chi connectivity index (χ1) is 8.75. The lowest BCUT2D eigenvalue weighted by molar-refractivity contribution is -0.274. The Hall–Kier alpha value is -1.21. The second-order valence-electron chi connectivity index (χ2n) is 5.24. The molecule has 0 N–H and O–H groups in total. The van der Waals surface area contributed by atoms with Gasteiger partial charge in [0, 0.05) is 18.6 Å². The van der Waals surface area contributed by atoms with Gasteiger partial charge in [-0.25, -0.2) is 0 Å². The van der Waals surface area contributed by atoms with Gasteiger partial charge in [0.25, 0.3) is 0 Å². The molecule has 19 heavy (non-hydrogen) atoms. The Bertz CT molecular complexity index is 438. The maximum absolute atomic E-state index is 12.1. The fourth-order valence-corrected chi connectivity index (χ4v) is 1.74. The van der Waals surface area contributed by atoms with E-state index in [1.165, 1.54) is 18.2 Å². The summed E-state index contributed by atoms with van der Waals surface area (Å²) in [6.07, 6.45) is -4.70. The molecule has 3 nitrogen and oxygen atoms in total. The zero-order valence-electron chi connectivity index (χ0n) is 10.7. The van der Waals surface area contributed by atoms with Crippen molar-refractivity contribution in [3.05, 3.63) is 24.3 Å². The molecule has 1 aromatic carbocycles. The van der Waals surface area contributed by atoms with Gasteiger partial charge in [-0.1, -0.05) is 26.0 Å². The molecular weight excluding hydrogens is 260 g/mol. The third-order valence-corrected chi connectivity index (χ3v) is 2.61. The molecule has 1 saturated heterocycles. The van der Waals surface area contributed by atoms with Crippen molar-refractivity contribution in [3.63, 3.8) is 0 Å². The van der Waals surface area contributed by atoms with Crippen molar-refractivity contribution >= 4 is 12.6 Å². The molecule has 0 atom stereocenters. The zero-order valence-corrected chi connectivity index (χ0v) is 10.7. The van der Waals surface area contributed by atoms with E-state index in [1.807, 2.05) is 13.8 Å². The quantitative estimate of drug-likeness (QED) is 0.775. The molecule has 7 heteroatoms. The van der Waals surface area contributed by atoms with Crippen molar-refractivity contribution in [1.82, 2.24) is 0 Å². The molecule has 1 heterocycles. The molecule has 0 spiro atoms. The van der Waals surface area contributed by atoms with Crippen molar-refractivity contribution < 1.29 is 27.2 Å². The smallest absolute Gasteiger partial charge is 0.407 e. The van der Waals surface area contributed by atoms with Crippen molar-refractivity contribution in [2.45, 2.75) is 20.2 Å². The lowest BCUT2D eigenvalue weighted by Gasteiger charge is -2.33. The lowest BCUT2D eigenvalue weighted by atomic mass is 9.76. The molecule has 2 rings (SSSR count). The van der Waals surface area contributed by atoms with Gasteiger partial charge in [0.1, 0.15) is 5.75 Å². The monoisotopic (exact) mass is 274 g/mol. The number of halogens is 3. The number of hydrogen-bond donors (Lipinski definition) is 0. The molecule has 1 fully saturated rings. The predicted molar refractivity (Wildman–Crippen MR) is 64.2 cm³/mol. The first-order valence-electron chi connectivity index (χ1n) is 5.84. The molecular formula is C12H14BF3O3. The summed E-state index contributed by atoms with van der Waals surface area (Å²) in [7, 11) is -0.648. The fourth-order valence-electron chi connectivity index (χ4n) is 1.74. The minimum atomic E-state index is -4.70. The van der Waals surface area contributed by atoms with E-state index in [4.69, 9.17) is 9.31 Å². The molecule has 0 aliphatic carbocycles. The van der Waals surface area contributed by atoms with Gasteiger partial charge in [-0.05, 0) is 17.6 Å². The van der Waals surface area contributed by atoms with Crippen LogP contribution in [0.1, 0.15) is 13.8 Å². The molecule has 0 bridgehead atoms. The van der Waals surface area contributed by atoms with Crippen molar-refractivity contribution in [1.29, 1.82) is 0 Å². The maximum Gasteiger partial charge on any atom is 0.573 e. The summed E-state index contributed by atoms with van der Waals surface area (Å²) >= 11 is 0. The number of alkyl halides is 3. The molecule has 104 valence electrons. The van der Waals surface area contributed by atoms with Gasteiger partial charge in [0.2, 0.25) is 0 Å². The molecule has 1 aromatic rings. The summed E-state index contributed by atoms with van der Waals surface area (Å²) in [6.45, 7) is 4.96. The standard InChI is InChI=1S/C12H14BF3O3/c1-11(2)7-17-13(18-8-11)9-4-3-5-10(6-9)19-12(14,15)16/h3-6H,7-8H2,1-2H3. The van der Waals surface area contributed by atoms with Crippen LogP contribution in [0, 0.1) is 5.41 Å². The van der Waals surface area contributed by atoms with Crippen LogP contribution in [0.2, 0.25) is 0 Å². The number of benzene rings is 1. The van der Waals surface area contributed by atoms with E-state index in [0.29, 0.717) is 18.7 Å². The van der Waals surface area contributed by atoms with Crippen LogP contribution < -0.4 is 10.2 Å². The van der Waals surface area contributed by atoms with Gasteiger partial charge >= 0.3 is 13.5 Å². The van der Waals surface area contributed by atoms with E-state index in [2.05, 4.69) is 4.74 Å². The lowest BCUT2D eigenvalue weighted by Crippen LogP contribution is -2.47. The van der Waals surface area contributed by atoms with Gasteiger partial charge in [-0.3, -0.25) is 0 Å². The number of hydrogen-bond acceptors (Lipinski definition) is 3. The van der Waals surface area contributed by atoms with Crippen LogP contribution >= 0.6 is 0 Å². The van der Waals surface area contributed by atoms with Crippen LogP contribution in [0.15, 0.2) is 24.3 Å². The average Bonchev–Trinajstić information content (AvgIpc) is 2.27. The molecule has 0 saturated carbocycles. The van der Waals surface area contributed by atoms with Crippen molar-refractivity contribution in [2.75, 3.05) is 13.2 Å². The van der Waals surface area contributed by atoms with Gasteiger partial charge in [0.15, 0.2) is 0 Å². The molecule has 1 aliphatic rings. The van der Waals surface area contributed by atoms with Crippen LogP contribution in [0.5, 0.6) is 5.75 Å². The van der Waals surface area contributed by atoms with E-state index < -0.39 is 13.5 Å². The molecule has 0 radical (unpaired) electrons. The van der Waals surface area contributed by atoms with Gasteiger partial charge < -0.3 is 14.0 Å². The molecule has 0 aromatic heterocycles. The summed E-state index contributed by atoms with van der Waals surface area (Å²) in [5.74, 6) is -0.276. The highest BCUT2D eigenvalue weighted by Gasteiger charge is 2.35. The van der Waals surface area contributed by atoms with E-state index in [0.717, 1.165) is 0 Å². The van der Waals surface area contributed by atoms with Crippen molar-refractivity contribution in [3.8, 4) is 5.75 Å². The number of ether oxygens (including phenoxy) is 1. The van der Waals surface area contributed by atoms with Crippen LogP contribution in [0.4, 0.5) is 13.2 Å². The van der Waals surface area contributed by atoms with Crippen LogP contribution in [0.3, 0.4) is 0 Å². The van der Waals surface area contributed by atoms with E-state index in [-0.39, 0.29) is 11.2 Å². The first kappa shape index (κ1) is 14.2. The average molecular weight is 274 g/mol. The maximum atomic E-state index is 12.1. The number of rotatable bonds is 2. The Kier molecular flexibility index (Phi) is 3.78. The van der Waals surface area contributed by atoms with Gasteiger partial charge in [0.05, 0.1) is 0 Å². The summed E-state index contributed by atoms with van der Waals surface area (Å²) in [5.41, 5.74) is 0.425. The molecule has 1 aliphatic heterocycles. The van der Waals surface area contributed by atoms with Crippen LogP contribution in [0.25, 0.3) is 0 Å². The third-order valence-electron chi connectivity index (χ3n) is 2.61. The normalized spacial score (nSPS) is 19.3. The van der Waals surface area contributed by atoms with Crippen LogP contribution in [-0.4, -0.2) is 26.7 Å². The highest BCUT2D eigenvalue weighted by Crippen LogP contribution is 2.24. The van der Waals surface area contributed by atoms with E-state index >= 15 is 0 Å². The second-order valence-corrected chi connectivity index (χ2v) is 5.24. The third kappa shape index (κ3) is 4.14. The zero-order chi connectivity index (χ0) is 14.1. The Labute approximate surface area is 109 Å². The Morgan fingerprint density at radius 3 is 2.42 bits per heavy atom. The Balaban J connectivity index is 2.07. The first-order valence-corrected chi connectivity index (χ1v) is 5.84. The van der Waals surface area contributed by atoms with Crippen LogP contribution in [-0.2, 0) is 9.31 Å². The highest BCUT2D eigenvalue weighted by molar-refractivity contribution is 6.61. The van der Waals surface area contributed by atoms with E-state index in [1.54, 1.807) is 6.07 Å². The minimum absolute atomic E-state index is 0.0867. The Morgan fingerprint density at radius 2 is 1.84 bits per heavy atom. The summed E-state index contributed by atoms with van der Waals surface area (Å²) in [6, 6.07) is 5.63. The largest absolute Gasteiger partial charge is 0.573 e. The minimum Gasteiger partial charge on any atom is -0.407 e. The Morgan fingerprint density at radius 1 is 1.21 bits per heavy atom.